The number of nitrogens with one attached hydrogen (secondary N) is 2. The lowest BCUT2D eigenvalue weighted by atomic mass is 10.2. The first kappa shape index (κ1) is 21.6. The number of nitrogens with two attached hydrogens (primary N) is 1. The normalized spacial score (nSPS) is 15.3. The topological polar surface area (TPSA) is 87.8 Å². The number of fused-ring (bicyclic) bond motifs is 1. The SMILES string of the molecule is I.NC(=NCCCN1CCOCC1)NCCNc1ccc2ccccc2n1. The van der Waals surface area contributed by atoms with Crippen LogP contribution in [0.25, 0.3) is 10.9 Å². The zero-order chi connectivity index (χ0) is 18.0. The van der Waals surface area contributed by atoms with Crippen LogP contribution in [-0.2, 0) is 4.74 Å². The van der Waals surface area contributed by atoms with Crippen LogP contribution in [0.3, 0.4) is 0 Å². The Morgan fingerprint density at radius 2 is 1.96 bits per heavy atom. The lowest BCUT2D eigenvalue weighted by molar-refractivity contribution is 0.0377. The van der Waals surface area contributed by atoms with Crippen LogP contribution in [0.2, 0.25) is 0 Å². The molecule has 2 heterocycles. The third kappa shape index (κ3) is 7.47. The molecule has 0 bridgehead atoms. The van der Waals surface area contributed by atoms with Crippen LogP contribution in [0.15, 0.2) is 41.4 Å². The molecule has 1 aliphatic rings. The summed E-state index contributed by atoms with van der Waals surface area (Å²) in [6, 6.07) is 12.2. The molecule has 7 nitrogen and oxygen atoms in total. The number of hydrogen-bond donors (Lipinski definition) is 3. The summed E-state index contributed by atoms with van der Waals surface area (Å²) in [4.78, 5) is 11.4. The van der Waals surface area contributed by atoms with Gasteiger partial charge in [0.2, 0.25) is 0 Å². The molecule has 0 saturated carbocycles. The molecule has 0 spiro atoms. The number of halogens is 1. The predicted octanol–water partition coefficient (Wildman–Crippen LogP) is 1.89. The van der Waals surface area contributed by atoms with E-state index in [-0.39, 0.29) is 24.0 Å². The molecule has 0 unspecified atom stereocenters. The van der Waals surface area contributed by atoms with E-state index >= 15 is 0 Å². The molecule has 0 atom stereocenters. The summed E-state index contributed by atoms with van der Waals surface area (Å²) >= 11 is 0. The number of benzene rings is 1. The molecular weight excluding hydrogens is 455 g/mol. The van der Waals surface area contributed by atoms with Gasteiger partial charge < -0.3 is 21.1 Å². The van der Waals surface area contributed by atoms with Crippen molar-refractivity contribution in [3.63, 3.8) is 0 Å². The van der Waals surface area contributed by atoms with Gasteiger partial charge in [-0.15, -0.1) is 24.0 Å². The van der Waals surface area contributed by atoms with Crippen molar-refractivity contribution in [3.05, 3.63) is 36.4 Å². The van der Waals surface area contributed by atoms with Crippen molar-refractivity contribution >= 4 is 46.7 Å². The number of nitrogens with zero attached hydrogens (tertiary/aromatic N) is 3. The molecule has 1 aromatic heterocycles. The van der Waals surface area contributed by atoms with Crippen LogP contribution < -0.4 is 16.4 Å². The van der Waals surface area contributed by atoms with Gasteiger partial charge in [0.15, 0.2) is 5.96 Å². The van der Waals surface area contributed by atoms with Gasteiger partial charge in [0, 0.05) is 44.7 Å². The summed E-state index contributed by atoms with van der Waals surface area (Å²) < 4.78 is 5.34. The van der Waals surface area contributed by atoms with Gasteiger partial charge in [-0.3, -0.25) is 9.89 Å². The first-order chi connectivity index (χ1) is 12.8. The zero-order valence-corrected chi connectivity index (χ0v) is 17.9. The maximum absolute atomic E-state index is 5.91. The average Bonchev–Trinajstić information content (AvgIpc) is 2.69. The van der Waals surface area contributed by atoms with E-state index in [0.29, 0.717) is 12.5 Å². The fraction of sp³-hybridized carbons (Fsp3) is 0.474. The van der Waals surface area contributed by atoms with E-state index in [2.05, 4.69) is 37.6 Å². The zero-order valence-electron chi connectivity index (χ0n) is 15.6. The minimum absolute atomic E-state index is 0. The Kier molecular flexibility index (Phi) is 9.57. The number of aliphatic imine (C=N–C) groups is 1. The number of guanidine groups is 1. The highest BCUT2D eigenvalue weighted by Crippen LogP contribution is 2.14. The average molecular weight is 484 g/mol. The number of anilines is 1. The first-order valence-corrected chi connectivity index (χ1v) is 9.25. The molecule has 4 N–H and O–H groups in total. The third-order valence-corrected chi connectivity index (χ3v) is 4.35. The summed E-state index contributed by atoms with van der Waals surface area (Å²) in [7, 11) is 0. The van der Waals surface area contributed by atoms with Gasteiger partial charge in [-0.1, -0.05) is 18.2 Å². The van der Waals surface area contributed by atoms with Gasteiger partial charge in [0.05, 0.1) is 18.7 Å². The summed E-state index contributed by atoms with van der Waals surface area (Å²) in [5.74, 6) is 1.37. The molecule has 0 aliphatic carbocycles. The van der Waals surface area contributed by atoms with Crippen molar-refractivity contribution in [2.75, 3.05) is 57.8 Å². The van der Waals surface area contributed by atoms with Gasteiger partial charge in [0.25, 0.3) is 0 Å². The van der Waals surface area contributed by atoms with Crippen LogP contribution in [0, 0.1) is 0 Å². The van der Waals surface area contributed by atoms with Gasteiger partial charge in [0.1, 0.15) is 5.82 Å². The fourth-order valence-electron chi connectivity index (χ4n) is 2.92. The molecule has 27 heavy (non-hydrogen) atoms. The van der Waals surface area contributed by atoms with Crippen molar-refractivity contribution in [2.45, 2.75) is 6.42 Å². The summed E-state index contributed by atoms with van der Waals surface area (Å²) in [5.41, 5.74) is 6.90. The number of pyridine rings is 1. The Hall–Kier alpha value is -1.65. The maximum atomic E-state index is 5.91. The molecule has 1 aromatic carbocycles. The number of aromatic nitrogens is 1. The lowest BCUT2D eigenvalue weighted by Gasteiger charge is -2.26. The quantitative estimate of drug-likeness (QED) is 0.230. The smallest absolute Gasteiger partial charge is 0.188 e. The Balaban J connectivity index is 0.00000261. The molecule has 148 valence electrons. The second kappa shape index (κ2) is 11.9. The van der Waals surface area contributed by atoms with Gasteiger partial charge in [-0.2, -0.15) is 0 Å². The molecule has 1 fully saturated rings. The van der Waals surface area contributed by atoms with Gasteiger partial charge in [-0.25, -0.2) is 4.98 Å². The fourth-order valence-corrected chi connectivity index (χ4v) is 2.92. The number of rotatable bonds is 8. The van der Waals surface area contributed by atoms with Crippen LogP contribution in [-0.4, -0.2) is 68.3 Å². The molecular formula is C19H29IN6O. The van der Waals surface area contributed by atoms with Crippen molar-refractivity contribution in [2.24, 2.45) is 10.7 Å². The van der Waals surface area contributed by atoms with Crippen LogP contribution >= 0.6 is 24.0 Å². The second-order valence-electron chi connectivity index (χ2n) is 6.32. The van der Waals surface area contributed by atoms with Crippen LogP contribution in [0.1, 0.15) is 6.42 Å². The predicted molar refractivity (Wildman–Crippen MR) is 122 cm³/mol. The molecule has 0 amide bonds. The largest absolute Gasteiger partial charge is 0.379 e. The second-order valence-corrected chi connectivity index (χ2v) is 6.32. The molecule has 8 heteroatoms. The Morgan fingerprint density at radius 3 is 2.81 bits per heavy atom. The van der Waals surface area contributed by atoms with Crippen LogP contribution in [0.5, 0.6) is 0 Å². The van der Waals surface area contributed by atoms with Crippen LogP contribution in [0.4, 0.5) is 5.82 Å². The molecule has 1 aliphatic heterocycles. The van der Waals surface area contributed by atoms with Crippen molar-refractivity contribution in [3.8, 4) is 0 Å². The van der Waals surface area contributed by atoms with E-state index in [0.717, 1.165) is 69.1 Å². The van der Waals surface area contributed by atoms with E-state index in [1.165, 1.54) is 0 Å². The highest BCUT2D eigenvalue weighted by molar-refractivity contribution is 14.0. The highest BCUT2D eigenvalue weighted by atomic mass is 127. The molecule has 3 rings (SSSR count). The summed E-state index contributed by atoms with van der Waals surface area (Å²) in [5, 5.41) is 7.58. The Morgan fingerprint density at radius 1 is 1.15 bits per heavy atom. The van der Waals surface area contributed by atoms with Crippen molar-refractivity contribution in [1.82, 2.24) is 15.2 Å². The first-order valence-electron chi connectivity index (χ1n) is 9.25. The van der Waals surface area contributed by atoms with E-state index in [1.54, 1.807) is 0 Å². The molecule has 1 saturated heterocycles. The minimum Gasteiger partial charge on any atom is -0.379 e. The highest BCUT2D eigenvalue weighted by Gasteiger charge is 2.08. The van der Waals surface area contributed by atoms with Crippen molar-refractivity contribution < 1.29 is 4.74 Å². The standard InChI is InChI=1S/C19H28N6O.HI/c20-19(22-8-3-11-25-12-14-26-15-13-25)23-10-9-21-18-7-6-16-4-1-2-5-17(16)24-18;/h1-2,4-7H,3,8-15H2,(H,21,24)(H3,20,22,23);1H. The van der Waals surface area contributed by atoms with E-state index < -0.39 is 0 Å². The number of ether oxygens (including phenoxy) is 1. The monoisotopic (exact) mass is 484 g/mol. The van der Waals surface area contributed by atoms with E-state index in [9.17, 15) is 0 Å². The van der Waals surface area contributed by atoms with E-state index in [4.69, 9.17) is 10.5 Å². The van der Waals surface area contributed by atoms with Gasteiger partial charge >= 0.3 is 0 Å². The summed E-state index contributed by atoms with van der Waals surface area (Å²) in [6.45, 7) is 6.95. The number of morpholine rings is 1. The number of hydrogen-bond acceptors (Lipinski definition) is 5. The Bertz CT molecular complexity index is 720. The number of para-hydroxylation sites is 1. The third-order valence-electron chi connectivity index (χ3n) is 4.35. The van der Waals surface area contributed by atoms with Gasteiger partial charge in [-0.05, 0) is 24.6 Å². The molecule has 2 aromatic rings. The van der Waals surface area contributed by atoms with E-state index in [1.807, 2.05) is 24.3 Å². The maximum Gasteiger partial charge on any atom is 0.188 e. The lowest BCUT2D eigenvalue weighted by Crippen LogP contribution is -2.37. The minimum atomic E-state index is 0. The Labute approximate surface area is 177 Å². The molecule has 0 radical (unpaired) electrons. The summed E-state index contributed by atoms with van der Waals surface area (Å²) in [6.07, 6.45) is 1.02. The van der Waals surface area contributed by atoms with Crippen molar-refractivity contribution in [1.29, 1.82) is 0 Å².